The molecule has 1 aromatic heterocycles. The van der Waals surface area contributed by atoms with Crippen LogP contribution in [-0.2, 0) is 4.79 Å². The van der Waals surface area contributed by atoms with Gasteiger partial charge in [0.1, 0.15) is 0 Å². The Morgan fingerprint density at radius 3 is 2.80 bits per heavy atom. The number of nitrogens with one attached hydrogen (secondary N) is 1. The van der Waals surface area contributed by atoms with Crippen LogP contribution in [0.15, 0.2) is 30.3 Å². The lowest BCUT2D eigenvalue weighted by atomic mass is 10.1. The number of benzene rings is 1. The highest BCUT2D eigenvalue weighted by atomic mass is 79.9. The summed E-state index contributed by atoms with van der Waals surface area (Å²) in [5, 5.41) is 8.15. The molecule has 4 nitrogen and oxygen atoms in total. The van der Waals surface area contributed by atoms with Crippen LogP contribution in [0.2, 0.25) is 0 Å². The van der Waals surface area contributed by atoms with Crippen molar-refractivity contribution in [2.45, 2.75) is 13.3 Å². The fourth-order valence-corrected chi connectivity index (χ4v) is 2.87. The monoisotopic (exact) mass is 333 g/mol. The van der Waals surface area contributed by atoms with Crippen LogP contribution in [0, 0.1) is 12.8 Å². The first-order chi connectivity index (χ1) is 9.67. The summed E-state index contributed by atoms with van der Waals surface area (Å²) in [5.74, 6) is 1.24. The van der Waals surface area contributed by atoms with E-state index in [4.69, 9.17) is 0 Å². The highest BCUT2D eigenvalue weighted by molar-refractivity contribution is 9.09. The Balaban J connectivity index is 1.83. The highest BCUT2D eigenvalue weighted by Crippen LogP contribution is 2.27. The van der Waals surface area contributed by atoms with E-state index in [2.05, 4.69) is 57.3 Å². The average Bonchev–Trinajstić information content (AvgIpc) is 3.06. The molecular weight excluding hydrogens is 318 g/mol. The predicted molar refractivity (Wildman–Crippen MR) is 83.0 cm³/mol. The molecule has 1 aliphatic rings. The van der Waals surface area contributed by atoms with Crippen LogP contribution in [0.4, 0.5) is 5.82 Å². The van der Waals surface area contributed by atoms with Crippen LogP contribution in [0.25, 0.3) is 11.3 Å². The van der Waals surface area contributed by atoms with Crippen LogP contribution in [-0.4, -0.2) is 28.0 Å². The van der Waals surface area contributed by atoms with E-state index in [1.807, 2.05) is 6.07 Å². The second-order valence-electron chi connectivity index (χ2n) is 5.23. The van der Waals surface area contributed by atoms with Gasteiger partial charge in [-0.05, 0) is 18.4 Å². The lowest BCUT2D eigenvalue weighted by molar-refractivity contribution is -0.117. The van der Waals surface area contributed by atoms with Crippen LogP contribution in [0.1, 0.15) is 12.0 Å². The molecule has 5 heteroatoms. The van der Waals surface area contributed by atoms with E-state index in [-0.39, 0.29) is 5.91 Å². The number of aromatic amines is 1. The van der Waals surface area contributed by atoms with Crippen molar-refractivity contribution in [2.24, 2.45) is 5.92 Å². The number of nitrogens with zero attached hydrogens (tertiary/aromatic N) is 2. The summed E-state index contributed by atoms with van der Waals surface area (Å²) in [6, 6.07) is 10.2. The van der Waals surface area contributed by atoms with Crippen LogP contribution >= 0.6 is 15.9 Å². The van der Waals surface area contributed by atoms with Gasteiger partial charge >= 0.3 is 0 Å². The molecule has 1 aliphatic heterocycles. The number of hydrogen-bond donors (Lipinski definition) is 1. The molecule has 1 unspecified atom stereocenters. The summed E-state index contributed by atoms with van der Waals surface area (Å²) in [5.41, 5.74) is 3.25. The number of rotatable bonds is 3. The first-order valence-electron chi connectivity index (χ1n) is 6.66. The van der Waals surface area contributed by atoms with Crippen LogP contribution in [0.5, 0.6) is 0 Å². The quantitative estimate of drug-likeness (QED) is 0.877. The largest absolute Gasteiger partial charge is 0.295 e. The first-order valence-corrected chi connectivity index (χ1v) is 7.78. The molecule has 1 fully saturated rings. The van der Waals surface area contributed by atoms with E-state index in [9.17, 15) is 4.79 Å². The molecule has 2 heterocycles. The number of anilines is 1. The fourth-order valence-electron chi connectivity index (χ4n) is 2.44. The summed E-state index contributed by atoms with van der Waals surface area (Å²) in [6.45, 7) is 2.80. The minimum absolute atomic E-state index is 0.149. The fraction of sp³-hybridized carbons (Fsp3) is 0.333. The van der Waals surface area contributed by atoms with Gasteiger partial charge in [-0.25, -0.2) is 0 Å². The lowest BCUT2D eigenvalue weighted by Crippen LogP contribution is -2.24. The van der Waals surface area contributed by atoms with Gasteiger partial charge in [0.25, 0.3) is 0 Å². The topological polar surface area (TPSA) is 49.0 Å². The van der Waals surface area contributed by atoms with Crippen molar-refractivity contribution in [3.05, 3.63) is 35.9 Å². The molecule has 20 heavy (non-hydrogen) atoms. The van der Waals surface area contributed by atoms with Gasteiger partial charge in [-0.1, -0.05) is 45.8 Å². The third-order valence-corrected chi connectivity index (χ3v) is 4.54. The van der Waals surface area contributed by atoms with Gasteiger partial charge in [-0.15, -0.1) is 0 Å². The zero-order valence-electron chi connectivity index (χ0n) is 11.3. The molecule has 1 saturated heterocycles. The molecule has 2 aromatic rings. The van der Waals surface area contributed by atoms with Gasteiger partial charge < -0.3 is 0 Å². The van der Waals surface area contributed by atoms with Crippen molar-refractivity contribution < 1.29 is 4.79 Å². The summed E-state index contributed by atoms with van der Waals surface area (Å²) >= 11 is 3.45. The molecule has 3 rings (SSSR count). The number of H-pyrrole nitrogens is 1. The second kappa shape index (κ2) is 5.40. The van der Waals surface area contributed by atoms with Crippen LogP contribution < -0.4 is 4.90 Å². The first kappa shape index (κ1) is 13.4. The molecule has 1 amide bonds. The van der Waals surface area contributed by atoms with Gasteiger partial charge in [-0.3, -0.25) is 14.8 Å². The summed E-state index contributed by atoms with van der Waals surface area (Å²) in [7, 11) is 0. The Bertz CT molecular complexity index is 620. The van der Waals surface area contributed by atoms with E-state index >= 15 is 0 Å². The third kappa shape index (κ3) is 2.50. The normalized spacial score (nSPS) is 18.8. The minimum atomic E-state index is 0.149. The highest BCUT2D eigenvalue weighted by Gasteiger charge is 2.31. The maximum atomic E-state index is 12.0. The molecule has 1 aromatic carbocycles. The number of halogens is 1. The predicted octanol–water partition coefficient (Wildman–Crippen LogP) is 3.13. The molecule has 1 N–H and O–H groups in total. The van der Waals surface area contributed by atoms with Crippen molar-refractivity contribution in [1.29, 1.82) is 0 Å². The van der Waals surface area contributed by atoms with Crippen molar-refractivity contribution >= 4 is 27.7 Å². The van der Waals surface area contributed by atoms with E-state index in [1.165, 1.54) is 5.56 Å². The Morgan fingerprint density at radius 2 is 2.15 bits per heavy atom. The maximum absolute atomic E-state index is 12.0. The van der Waals surface area contributed by atoms with E-state index in [0.717, 1.165) is 23.1 Å². The molecular formula is C15H16BrN3O. The summed E-state index contributed by atoms with van der Waals surface area (Å²) < 4.78 is 0. The molecule has 0 radical (unpaired) electrons. The number of carbonyl (C=O) groups excluding carboxylic acids is 1. The Hall–Kier alpha value is -1.62. The summed E-state index contributed by atoms with van der Waals surface area (Å²) in [6.07, 6.45) is 0.595. The molecule has 1 atom stereocenters. The van der Waals surface area contributed by atoms with E-state index < -0.39 is 0 Å². The molecule has 104 valence electrons. The van der Waals surface area contributed by atoms with Gasteiger partial charge in [-0.2, -0.15) is 5.10 Å². The molecule has 0 aliphatic carbocycles. The molecule has 0 bridgehead atoms. The Morgan fingerprint density at radius 1 is 1.40 bits per heavy atom. The van der Waals surface area contributed by atoms with Crippen molar-refractivity contribution in [2.75, 3.05) is 16.8 Å². The number of aromatic nitrogens is 2. The molecule has 0 saturated carbocycles. The standard InChI is InChI=1S/C15H16BrN3O/c1-10-2-4-12(5-3-10)13-7-14(18-17-13)19-9-11(8-16)6-15(19)20/h2-5,7,11H,6,8-9H2,1H3,(H,17,18). The smallest absolute Gasteiger partial charge is 0.228 e. The number of amides is 1. The van der Waals surface area contributed by atoms with E-state index in [1.54, 1.807) is 4.90 Å². The SMILES string of the molecule is Cc1ccc(-c2cc(N3CC(CBr)CC3=O)n[nH]2)cc1. The number of hydrogen-bond acceptors (Lipinski definition) is 2. The van der Waals surface area contributed by atoms with Gasteiger partial charge in [0.2, 0.25) is 5.91 Å². The number of aryl methyl sites for hydroxylation is 1. The van der Waals surface area contributed by atoms with Crippen molar-refractivity contribution in [3.8, 4) is 11.3 Å². The zero-order chi connectivity index (χ0) is 14.1. The molecule has 0 spiro atoms. The van der Waals surface area contributed by atoms with E-state index in [0.29, 0.717) is 18.2 Å². The zero-order valence-corrected chi connectivity index (χ0v) is 12.9. The third-order valence-electron chi connectivity index (χ3n) is 3.63. The van der Waals surface area contributed by atoms with Crippen molar-refractivity contribution in [1.82, 2.24) is 10.2 Å². The Labute approximate surface area is 126 Å². The summed E-state index contributed by atoms with van der Waals surface area (Å²) in [4.78, 5) is 13.7. The minimum Gasteiger partial charge on any atom is -0.295 e. The number of alkyl halides is 1. The second-order valence-corrected chi connectivity index (χ2v) is 5.88. The van der Waals surface area contributed by atoms with Gasteiger partial charge in [0.15, 0.2) is 5.82 Å². The van der Waals surface area contributed by atoms with Crippen LogP contribution in [0.3, 0.4) is 0 Å². The Kier molecular flexibility index (Phi) is 3.61. The number of carbonyl (C=O) groups is 1. The maximum Gasteiger partial charge on any atom is 0.228 e. The average molecular weight is 334 g/mol. The van der Waals surface area contributed by atoms with Gasteiger partial charge in [0.05, 0.1) is 5.69 Å². The lowest BCUT2D eigenvalue weighted by Gasteiger charge is -2.11. The van der Waals surface area contributed by atoms with Gasteiger partial charge in [0, 0.05) is 24.4 Å². The van der Waals surface area contributed by atoms with Crippen molar-refractivity contribution in [3.63, 3.8) is 0 Å².